The number of hydrogen-bond acceptors (Lipinski definition) is 3. The third kappa shape index (κ3) is 7.47. The normalized spacial score (nSPS) is 14.9. The summed E-state index contributed by atoms with van der Waals surface area (Å²) >= 11 is 0. The molecule has 1 unspecified atom stereocenters. The second-order valence-corrected chi connectivity index (χ2v) is 6.85. The van der Waals surface area contributed by atoms with E-state index in [0.717, 1.165) is 24.3 Å². The van der Waals surface area contributed by atoms with Crippen molar-refractivity contribution in [1.29, 1.82) is 0 Å². The number of ether oxygens (including phenoxy) is 1. The molecule has 0 aromatic heterocycles. The fourth-order valence-electron chi connectivity index (χ4n) is 3.12. The Hall–Kier alpha value is -2.36. The topological polar surface area (TPSA) is 74.8 Å². The standard InChI is InChI=1S/C22H27FN4O2.HI/c1-2-24-22(27-15-19-14-17-5-3-4-6-20(17)29-19)26-12-11-25-21(28)13-16-7-9-18(23)10-8-16;/h3-10,19H,2,11-15H2,1H3,(H,25,28)(H2,24,26,27);1H. The second kappa shape index (κ2) is 12.4. The number of rotatable bonds is 8. The predicted octanol–water partition coefficient (Wildman–Crippen LogP) is 2.66. The molecule has 1 amide bonds. The smallest absolute Gasteiger partial charge is 0.224 e. The third-order valence-electron chi connectivity index (χ3n) is 4.53. The average molecular weight is 526 g/mol. The molecule has 8 heteroatoms. The van der Waals surface area contributed by atoms with Gasteiger partial charge in [-0.1, -0.05) is 30.3 Å². The number of carbonyl (C=O) groups excluding carboxylic acids is 1. The van der Waals surface area contributed by atoms with Gasteiger partial charge < -0.3 is 20.7 Å². The number of guanidine groups is 1. The lowest BCUT2D eigenvalue weighted by atomic mass is 10.1. The Labute approximate surface area is 193 Å². The number of benzene rings is 2. The van der Waals surface area contributed by atoms with Crippen LogP contribution in [0.3, 0.4) is 0 Å². The number of amides is 1. The largest absolute Gasteiger partial charge is 0.488 e. The van der Waals surface area contributed by atoms with Crippen molar-refractivity contribution >= 4 is 35.8 Å². The van der Waals surface area contributed by atoms with E-state index in [0.29, 0.717) is 25.6 Å². The van der Waals surface area contributed by atoms with Crippen LogP contribution in [0.25, 0.3) is 0 Å². The number of halogens is 2. The lowest BCUT2D eigenvalue weighted by Crippen LogP contribution is -2.42. The monoisotopic (exact) mass is 526 g/mol. The maximum absolute atomic E-state index is 12.9. The van der Waals surface area contributed by atoms with Crippen molar-refractivity contribution in [1.82, 2.24) is 16.0 Å². The highest BCUT2D eigenvalue weighted by Crippen LogP contribution is 2.28. The van der Waals surface area contributed by atoms with Gasteiger partial charge in [-0.05, 0) is 36.2 Å². The minimum atomic E-state index is -0.305. The molecule has 0 spiro atoms. The average Bonchev–Trinajstić information content (AvgIpc) is 3.14. The van der Waals surface area contributed by atoms with E-state index < -0.39 is 0 Å². The van der Waals surface area contributed by atoms with Crippen molar-refractivity contribution in [2.24, 2.45) is 4.99 Å². The zero-order chi connectivity index (χ0) is 20.5. The summed E-state index contributed by atoms with van der Waals surface area (Å²) in [4.78, 5) is 16.6. The van der Waals surface area contributed by atoms with E-state index in [1.54, 1.807) is 12.1 Å². The van der Waals surface area contributed by atoms with E-state index in [9.17, 15) is 9.18 Å². The highest BCUT2D eigenvalue weighted by molar-refractivity contribution is 14.0. The summed E-state index contributed by atoms with van der Waals surface area (Å²) in [5.74, 6) is 1.23. The summed E-state index contributed by atoms with van der Waals surface area (Å²) in [6, 6.07) is 14.0. The zero-order valence-electron chi connectivity index (χ0n) is 17.0. The molecular formula is C22H28FIN4O2. The fourth-order valence-corrected chi connectivity index (χ4v) is 3.12. The Balaban J connectivity index is 0.00000320. The molecule has 6 nitrogen and oxygen atoms in total. The van der Waals surface area contributed by atoms with Gasteiger partial charge in [0.05, 0.1) is 13.0 Å². The fraction of sp³-hybridized carbons (Fsp3) is 0.364. The summed E-state index contributed by atoms with van der Waals surface area (Å²) in [6.07, 6.45) is 1.13. The van der Waals surface area contributed by atoms with Crippen molar-refractivity contribution in [3.8, 4) is 5.75 Å². The van der Waals surface area contributed by atoms with Crippen LogP contribution in [-0.4, -0.2) is 44.1 Å². The van der Waals surface area contributed by atoms with Crippen LogP contribution < -0.4 is 20.7 Å². The maximum atomic E-state index is 12.9. The minimum absolute atomic E-state index is 0. The molecular weight excluding hydrogens is 498 g/mol. The van der Waals surface area contributed by atoms with E-state index in [2.05, 4.69) is 27.0 Å². The van der Waals surface area contributed by atoms with Crippen LogP contribution in [0.5, 0.6) is 5.75 Å². The third-order valence-corrected chi connectivity index (χ3v) is 4.53. The summed E-state index contributed by atoms with van der Waals surface area (Å²) in [5.41, 5.74) is 2.00. The lowest BCUT2D eigenvalue weighted by molar-refractivity contribution is -0.120. The summed E-state index contributed by atoms with van der Waals surface area (Å²) in [6.45, 7) is 4.32. The molecule has 0 aliphatic carbocycles. The molecule has 0 saturated carbocycles. The van der Waals surface area contributed by atoms with Crippen LogP contribution in [0.4, 0.5) is 4.39 Å². The molecule has 30 heavy (non-hydrogen) atoms. The van der Waals surface area contributed by atoms with Crippen molar-refractivity contribution in [3.05, 3.63) is 65.5 Å². The molecule has 1 aliphatic rings. The van der Waals surface area contributed by atoms with Crippen LogP contribution >= 0.6 is 24.0 Å². The molecule has 1 heterocycles. The molecule has 0 saturated heterocycles. The molecule has 0 bridgehead atoms. The summed E-state index contributed by atoms with van der Waals surface area (Å²) in [5, 5.41) is 9.26. The highest BCUT2D eigenvalue weighted by atomic mass is 127. The molecule has 162 valence electrons. The van der Waals surface area contributed by atoms with Crippen LogP contribution in [0.15, 0.2) is 53.5 Å². The van der Waals surface area contributed by atoms with Gasteiger partial charge in [-0.15, -0.1) is 24.0 Å². The maximum Gasteiger partial charge on any atom is 0.224 e. The number of hydrogen-bond donors (Lipinski definition) is 3. The van der Waals surface area contributed by atoms with Gasteiger partial charge in [-0.25, -0.2) is 9.38 Å². The van der Waals surface area contributed by atoms with E-state index in [1.807, 2.05) is 25.1 Å². The van der Waals surface area contributed by atoms with E-state index in [1.165, 1.54) is 17.7 Å². The van der Waals surface area contributed by atoms with Gasteiger partial charge in [0.1, 0.15) is 17.7 Å². The van der Waals surface area contributed by atoms with Gasteiger partial charge in [0, 0.05) is 26.1 Å². The van der Waals surface area contributed by atoms with Gasteiger partial charge in [0.2, 0.25) is 5.91 Å². The quantitative estimate of drug-likeness (QED) is 0.214. The molecule has 2 aromatic rings. The molecule has 0 radical (unpaired) electrons. The second-order valence-electron chi connectivity index (χ2n) is 6.85. The van der Waals surface area contributed by atoms with Gasteiger partial charge in [-0.2, -0.15) is 0 Å². The van der Waals surface area contributed by atoms with E-state index in [-0.39, 0.29) is 48.2 Å². The van der Waals surface area contributed by atoms with E-state index in [4.69, 9.17) is 4.74 Å². The molecule has 2 aromatic carbocycles. The Kier molecular flexibility index (Phi) is 9.85. The Morgan fingerprint density at radius 1 is 1.10 bits per heavy atom. The number of nitrogens with zero attached hydrogens (tertiary/aromatic N) is 1. The van der Waals surface area contributed by atoms with Crippen LogP contribution in [0, 0.1) is 5.82 Å². The number of fused-ring (bicyclic) bond motifs is 1. The molecule has 3 rings (SSSR count). The first-order valence-corrected chi connectivity index (χ1v) is 9.92. The van der Waals surface area contributed by atoms with E-state index >= 15 is 0 Å². The zero-order valence-corrected chi connectivity index (χ0v) is 19.3. The first kappa shape index (κ1) is 23.9. The van der Waals surface area contributed by atoms with Gasteiger partial charge >= 0.3 is 0 Å². The molecule has 1 aliphatic heterocycles. The van der Waals surface area contributed by atoms with Crippen molar-refractivity contribution < 1.29 is 13.9 Å². The predicted molar refractivity (Wildman–Crippen MR) is 127 cm³/mol. The van der Waals surface area contributed by atoms with Crippen LogP contribution in [0.2, 0.25) is 0 Å². The molecule has 1 atom stereocenters. The first-order valence-electron chi connectivity index (χ1n) is 9.92. The summed E-state index contributed by atoms with van der Waals surface area (Å²) in [7, 11) is 0. The van der Waals surface area contributed by atoms with Crippen LogP contribution in [-0.2, 0) is 17.6 Å². The number of para-hydroxylation sites is 1. The van der Waals surface area contributed by atoms with Crippen molar-refractivity contribution in [2.45, 2.75) is 25.9 Å². The molecule has 3 N–H and O–H groups in total. The molecule has 0 fully saturated rings. The lowest BCUT2D eigenvalue weighted by Gasteiger charge is -2.13. The van der Waals surface area contributed by atoms with Crippen LogP contribution in [0.1, 0.15) is 18.1 Å². The SMILES string of the molecule is CCNC(=NCC1Cc2ccccc2O1)NCCNC(=O)Cc1ccc(F)cc1.I. The van der Waals surface area contributed by atoms with Gasteiger partial charge in [0.15, 0.2) is 5.96 Å². The highest BCUT2D eigenvalue weighted by Gasteiger charge is 2.21. The Bertz CT molecular complexity index is 820. The number of nitrogens with one attached hydrogen (secondary N) is 3. The van der Waals surface area contributed by atoms with Gasteiger partial charge in [-0.3, -0.25) is 4.79 Å². The Morgan fingerprint density at radius 2 is 1.83 bits per heavy atom. The summed E-state index contributed by atoms with van der Waals surface area (Å²) < 4.78 is 18.8. The number of aliphatic imine (C=N–C) groups is 1. The number of carbonyl (C=O) groups is 1. The van der Waals surface area contributed by atoms with Gasteiger partial charge in [0.25, 0.3) is 0 Å². The van der Waals surface area contributed by atoms with Crippen molar-refractivity contribution in [2.75, 3.05) is 26.2 Å². The Morgan fingerprint density at radius 3 is 2.57 bits per heavy atom. The van der Waals surface area contributed by atoms with Crippen molar-refractivity contribution in [3.63, 3.8) is 0 Å². The minimum Gasteiger partial charge on any atom is -0.488 e. The first-order chi connectivity index (χ1) is 14.1.